The number of pyridine rings is 2. The van der Waals surface area contributed by atoms with E-state index in [1.54, 1.807) is 4.57 Å². The molecule has 9 nitrogen and oxygen atoms in total. The third-order valence-corrected chi connectivity index (χ3v) is 11.3. The maximum atomic E-state index is 13.8. The van der Waals surface area contributed by atoms with E-state index in [0.29, 0.717) is 35.5 Å². The average molecular weight is 549 g/mol. The van der Waals surface area contributed by atoms with E-state index in [4.69, 9.17) is 23.3 Å². The number of cyclic esters (lactones) is 1. The molecular formula is C29H32N2O7Si. The van der Waals surface area contributed by atoms with E-state index in [-0.39, 0.29) is 31.8 Å². The molecule has 0 radical (unpaired) electrons. The molecule has 0 saturated heterocycles. The molecular weight excluding hydrogens is 516 g/mol. The van der Waals surface area contributed by atoms with Crippen molar-refractivity contribution >= 4 is 31.4 Å². The van der Waals surface area contributed by atoms with E-state index in [0.717, 1.165) is 28.2 Å². The van der Waals surface area contributed by atoms with Gasteiger partial charge in [-0.2, -0.15) is 0 Å². The highest BCUT2D eigenvalue weighted by Crippen LogP contribution is 2.43. The van der Waals surface area contributed by atoms with Gasteiger partial charge < -0.3 is 22.9 Å². The molecule has 3 aromatic rings. The topological polar surface area (TPSA) is 106 Å². The summed E-state index contributed by atoms with van der Waals surface area (Å²) < 4.78 is 25.4. The Morgan fingerprint density at radius 2 is 1.95 bits per heavy atom. The van der Waals surface area contributed by atoms with Gasteiger partial charge in [0.2, 0.25) is 0 Å². The zero-order valence-corrected chi connectivity index (χ0v) is 23.5. The number of hydrogen-bond donors (Lipinski definition) is 0. The van der Waals surface area contributed by atoms with Crippen LogP contribution in [0.1, 0.15) is 43.9 Å². The number of carbonyl (C=O) groups excluding carboxylic acids is 2. The van der Waals surface area contributed by atoms with Crippen molar-refractivity contribution in [2.45, 2.75) is 58.0 Å². The van der Waals surface area contributed by atoms with Crippen LogP contribution in [0.3, 0.4) is 0 Å². The van der Waals surface area contributed by atoms with E-state index in [9.17, 15) is 14.4 Å². The number of benzene rings is 1. The second-order valence-corrected chi connectivity index (χ2v) is 13.4. The molecule has 0 amide bonds. The molecule has 0 saturated carbocycles. The largest absolute Gasteiger partial charge is 0.460 e. The fourth-order valence-electron chi connectivity index (χ4n) is 5.46. The molecule has 2 aliphatic rings. The van der Waals surface area contributed by atoms with Crippen molar-refractivity contribution in [3.63, 3.8) is 0 Å². The Morgan fingerprint density at radius 1 is 1.18 bits per heavy atom. The summed E-state index contributed by atoms with van der Waals surface area (Å²) in [6.07, 6.45) is 1.35. The van der Waals surface area contributed by atoms with E-state index in [1.807, 2.05) is 51.1 Å². The summed E-state index contributed by atoms with van der Waals surface area (Å²) in [7, 11) is -3.01. The Hall–Kier alpha value is -3.60. The summed E-state index contributed by atoms with van der Waals surface area (Å²) in [6, 6.07) is 12.9. The van der Waals surface area contributed by atoms with Crippen LogP contribution in [0.4, 0.5) is 0 Å². The van der Waals surface area contributed by atoms with Crippen molar-refractivity contribution in [3.05, 3.63) is 76.1 Å². The van der Waals surface area contributed by atoms with E-state index in [1.165, 1.54) is 0 Å². The molecule has 0 aliphatic carbocycles. The van der Waals surface area contributed by atoms with Crippen LogP contribution in [0.2, 0.25) is 12.1 Å². The van der Waals surface area contributed by atoms with Crippen molar-refractivity contribution in [1.82, 2.24) is 9.55 Å². The number of carbonyl (C=O) groups is 2. The minimum absolute atomic E-state index is 0.0361. The molecule has 10 heteroatoms. The predicted octanol–water partition coefficient (Wildman–Crippen LogP) is 4.33. The van der Waals surface area contributed by atoms with Crippen LogP contribution in [0.15, 0.2) is 53.8 Å². The summed E-state index contributed by atoms with van der Waals surface area (Å²) >= 11 is 0. The van der Waals surface area contributed by atoms with Crippen LogP contribution >= 0.6 is 0 Å². The number of ether oxygens (including phenoxy) is 2. The van der Waals surface area contributed by atoms with Gasteiger partial charge in [0.1, 0.15) is 13.2 Å². The van der Waals surface area contributed by atoms with E-state index in [2.05, 4.69) is 12.6 Å². The van der Waals surface area contributed by atoms with Crippen LogP contribution in [0, 0.1) is 0 Å². The molecule has 1 aromatic carbocycles. The zero-order chi connectivity index (χ0) is 27.8. The summed E-state index contributed by atoms with van der Waals surface area (Å²) in [6.45, 7) is 9.58. The van der Waals surface area contributed by atoms with Gasteiger partial charge in [-0.25, -0.2) is 14.6 Å². The third-order valence-electron chi connectivity index (χ3n) is 7.68. The minimum Gasteiger partial charge on any atom is -0.460 e. The van der Waals surface area contributed by atoms with Crippen LogP contribution in [-0.2, 0) is 46.7 Å². The average Bonchev–Trinajstić information content (AvgIpc) is 3.32. The van der Waals surface area contributed by atoms with Gasteiger partial charge >= 0.3 is 20.5 Å². The molecule has 204 valence electrons. The number of para-hydroxylation sites is 1. The van der Waals surface area contributed by atoms with Crippen LogP contribution in [-0.4, -0.2) is 43.3 Å². The van der Waals surface area contributed by atoms with Crippen LogP contribution in [0.25, 0.3) is 22.3 Å². The van der Waals surface area contributed by atoms with Crippen molar-refractivity contribution in [1.29, 1.82) is 0 Å². The first kappa shape index (κ1) is 27.0. The molecule has 0 fully saturated rings. The first-order valence-electron chi connectivity index (χ1n) is 13.3. The zero-order valence-electron chi connectivity index (χ0n) is 22.5. The monoisotopic (exact) mass is 548 g/mol. The molecule has 2 aliphatic heterocycles. The first-order valence-corrected chi connectivity index (χ1v) is 15.5. The lowest BCUT2D eigenvalue weighted by molar-refractivity contribution is -0.172. The molecule has 0 bridgehead atoms. The Morgan fingerprint density at radius 3 is 2.67 bits per heavy atom. The second kappa shape index (κ2) is 10.5. The van der Waals surface area contributed by atoms with Gasteiger partial charge in [0, 0.05) is 22.6 Å². The molecule has 0 spiro atoms. The molecule has 0 N–H and O–H groups in total. The summed E-state index contributed by atoms with van der Waals surface area (Å²) in [4.78, 5) is 43.6. The quantitative estimate of drug-likeness (QED) is 0.125. The smallest absolute Gasteiger partial charge is 0.342 e. The molecule has 4 heterocycles. The number of esters is 2. The first-order chi connectivity index (χ1) is 18.8. The maximum Gasteiger partial charge on any atom is 0.342 e. The highest BCUT2D eigenvalue weighted by molar-refractivity contribution is 6.67. The van der Waals surface area contributed by atoms with Gasteiger partial charge in [-0.05, 0) is 36.7 Å². The molecule has 39 heavy (non-hydrogen) atoms. The number of aromatic nitrogens is 2. The van der Waals surface area contributed by atoms with Gasteiger partial charge in [0.05, 0.1) is 35.6 Å². The second-order valence-electron chi connectivity index (χ2n) is 9.70. The number of nitrogens with zero attached hydrogens (tertiary/aromatic N) is 2. The van der Waals surface area contributed by atoms with Crippen molar-refractivity contribution < 1.29 is 27.9 Å². The van der Waals surface area contributed by atoms with Crippen LogP contribution in [0.5, 0.6) is 0 Å². The lowest BCUT2D eigenvalue weighted by Crippen LogP contribution is -2.55. The number of rotatable bonds is 10. The summed E-state index contributed by atoms with van der Waals surface area (Å²) in [5.74, 6) is -1.07. The minimum atomic E-state index is -3.01. The van der Waals surface area contributed by atoms with E-state index < -0.39 is 26.1 Å². The Kier molecular flexibility index (Phi) is 7.28. The molecule has 1 atom stereocenters. The highest BCUT2D eigenvalue weighted by Gasteiger charge is 2.53. The number of fused-ring (bicyclic) bond motifs is 5. The summed E-state index contributed by atoms with van der Waals surface area (Å²) in [5.41, 5.74) is 2.38. The van der Waals surface area contributed by atoms with Gasteiger partial charge in [-0.3, -0.25) is 4.79 Å². The van der Waals surface area contributed by atoms with E-state index >= 15 is 0 Å². The Bertz CT molecular complexity index is 1530. The lowest BCUT2D eigenvalue weighted by Gasteiger charge is -2.42. The normalized spacial score (nSPS) is 17.8. The number of hydrogen-bond acceptors (Lipinski definition) is 8. The predicted molar refractivity (Wildman–Crippen MR) is 147 cm³/mol. The standard InChI is InChI=1S/C29H32N2O7Si/c1-5-25(32)35-13-14-37-39(7-3,8-4)38-29(6-2)22-16-24-26-20(15-19-11-9-10-12-23(19)30-26)17-31(24)27(33)21(22)18-36-28(29)34/h5,9-12,15-16H,1,6-8,13-14,17-18H2,2-4H3. The lowest BCUT2D eigenvalue weighted by atomic mass is 9.86. The van der Waals surface area contributed by atoms with Crippen molar-refractivity contribution in [2.75, 3.05) is 13.2 Å². The SMILES string of the molecule is C=CC(=O)OCCO[Si](CC)(CC)OC1(CC)C(=O)OCc2c1cc1n(c2=O)Cc2cc3ccccc3nc2-1. The highest BCUT2D eigenvalue weighted by atomic mass is 28.4. The fourth-order valence-corrected chi connectivity index (χ4v) is 8.14. The Labute approximate surface area is 227 Å². The van der Waals surface area contributed by atoms with Gasteiger partial charge in [0.25, 0.3) is 5.56 Å². The van der Waals surface area contributed by atoms with Gasteiger partial charge in [-0.1, -0.05) is 45.5 Å². The van der Waals surface area contributed by atoms with Crippen molar-refractivity contribution in [3.8, 4) is 11.4 Å². The third kappa shape index (κ3) is 4.52. The van der Waals surface area contributed by atoms with Crippen molar-refractivity contribution in [2.24, 2.45) is 0 Å². The Balaban J connectivity index is 1.58. The molecule has 1 unspecified atom stereocenters. The maximum absolute atomic E-state index is 13.8. The fraction of sp³-hybridized carbons (Fsp3) is 0.379. The molecule has 5 rings (SSSR count). The molecule has 2 aromatic heterocycles. The van der Waals surface area contributed by atoms with Gasteiger partial charge in [-0.15, -0.1) is 0 Å². The van der Waals surface area contributed by atoms with Gasteiger partial charge in [0.15, 0.2) is 5.60 Å². The summed E-state index contributed by atoms with van der Waals surface area (Å²) in [5, 5.41) is 1.00. The van der Waals surface area contributed by atoms with Crippen LogP contribution < -0.4 is 5.56 Å².